The summed E-state index contributed by atoms with van der Waals surface area (Å²) in [7, 11) is 0. The van der Waals surface area contributed by atoms with Crippen molar-refractivity contribution in [2.45, 2.75) is 6.54 Å². The highest BCUT2D eigenvalue weighted by molar-refractivity contribution is 5.90. The standard InChI is InChI=1S/C10H8F2N4O/c11-7-2-1-3-8(12)6(7)4-16-5-9(10(13)17)14-15-16/h1-3,5H,4H2,(H2,13,17)/i/hD. The van der Waals surface area contributed by atoms with E-state index in [1.807, 2.05) is 0 Å². The van der Waals surface area contributed by atoms with E-state index in [2.05, 4.69) is 10.3 Å². The highest BCUT2D eigenvalue weighted by atomic mass is 19.1. The first-order valence-corrected chi connectivity index (χ1v) is 4.67. The lowest BCUT2D eigenvalue weighted by molar-refractivity contribution is 0.0995. The Hall–Kier alpha value is -2.31. The van der Waals surface area contributed by atoms with Crippen LogP contribution in [0.4, 0.5) is 8.78 Å². The summed E-state index contributed by atoms with van der Waals surface area (Å²) in [6, 6.07) is 3.52. The Morgan fingerprint density at radius 1 is 1.47 bits per heavy atom. The summed E-state index contributed by atoms with van der Waals surface area (Å²) in [6.07, 6.45) is 1.20. The molecule has 0 aliphatic carbocycles. The number of amides is 1. The molecule has 2 N–H and O–H groups in total. The topological polar surface area (TPSA) is 73.8 Å². The minimum atomic E-state index is -0.741. The maximum atomic E-state index is 13.4. The Balaban J connectivity index is 2.24. The third kappa shape index (κ3) is 2.27. The molecule has 0 aliphatic heterocycles. The Morgan fingerprint density at radius 2 is 2.18 bits per heavy atom. The van der Waals surface area contributed by atoms with Gasteiger partial charge in [0.2, 0.25) is 0 Å². The first-order valence-electron chi connectivity index (χ1n) is 5.17. The number of carbonyl (C=O) groups is 1. The van der Waals surface area contributed by atoms with Gasteiger partial charge in [-0.25, -0.2) is 13.5 Å². The van der Waals surface area contributed by atoms with E-state index in [1.54, 1.807) is 5.73 Å². The van der Waals surface area contributed by atoms with Crippen LogP contribution in [0.2, 0.25) is 1.41 Å². The minimum Gasteiger partial charge on any atom is -0.364 e. The van der Waals surface area contributed by atoms with Gasteiger partial charge in [-0.15, -0.1) is 5.10 Å². The molecule has 1 aromatic heterocycles. The van der Waals surface area contributed by atoms with Crippen molar-refractivity contribution >= 4 is 5.91 Å². The summed E-state index contributed by atoms with van der Waals surface area (Å²) in [5.74, 6) is -2.13. The van der Waals surface area contributed by atoms with E-state index in [1.165, 1.54) is 12.3 Å². The van der Waals surface area contributed by atoms with Crippen molar-refractivity contribution in [1.29, 1.82) is 0 Å². The molecule has 0 fully saturated rings. The van der Waals surface area contributed by atoms with Crippen LogP contribution in [0.15, 0.2) is 24.4 Å². The van der Waals surface area contributed by atoms with Gasteiger partial charge in [0.15, 0.2) is 7.11 Å². The summed E-state index contributed by atoms with van der Waals surface area (Å²) < 4.78 is 34.5. The molecule has 2 rings (SSSR count). The zero-order valence-corrected chi connectivity index (χ0v) is 8.52. The second-order valence-electron chi connectivity index (χ2n) is 3.33. The fourth-order valence-electron chi connectivity index (χ4n) is 1.33. The SMILES string of the molecule is [2H]NC(=O)c1cn(Cc2c(F)cccc2F)nn1. The molecule has 0 saturated heterocycles. The van der Waals surface area contributed by atoms with Crippen LogP contribution in [0, 0.1) is 11.6 Å². The van der Waals surface area contributed by atoms with Crippen LogP contribution >= 0.6 is 0 Å². The third-order valence-electron chi connectivity index (χ3n) is 2.15. The van der Waals surface area contributed by atoms with Crippen molar-refractivity contribution in [2.24, 2.45) is 5.73 Å². The van der Waals surface area contributed by atoms with Crippen molar-refractivity contribution in [3.63, 3.8) is 0 Å². The van der Waals surface area contributed by atoms with E-state index in [0.29, 0.717) is 0 Å². The van der Waals surface area contributed by atoms with Gasteiger partial charge in [-0.1, -0.05) is 11.3 Å². The largest absolute Gasteiger partial charge is 0.364 e. The van der Waals surface area contributed by atoms with Gasteiger partial charge >= 0.3 is 0 Å². The molecular weight excluding hydrogens is 230 g/mol. The van der Waals surface area contributed by atoms with Gasteiger partial charge in [-0.2, -0.15) is 0 Å². The number of primary amides is 1. The molecule has 0 spiro atoms. The lowest BCUT2D eigenvalue weighted by Crippen LogP contribution is -2.11. The number of benzene rings is 1. The molecule has 0 atom stereocenters. The van der Waals surface area contributed by atoms with Gasteiger partial charge in [-0.3, -0.25) is 4.79 Å². The molecule has 17 heavy (non-hydrogen) atoms. The molecule has 0 bridgehead atoms. The van der Waals surface area contributed by atoms with Crippen LogP contribution in [0.3, 0.4) is 0 Å². The van der Waals surface area contributed by atoms with Crippen molar-refractivity contribution in [3.8, 4) is 0 Å². The molecular formula is C10H8F2N4O. The van der Waals surface area contributed by atoms with E-state index >= 15 is 0 Å². The molecule has 0 saturated carbocycles. The first kappa shape index (κ1) is 9.88. The third-order valence-corrected chi connectivity index (χ3v) is 2.15. The molecule has 7 heteroatoms. The van der Waals surface area contributed by atoms with Gasteiger partial charge in [0.25, 0.3) is 5.91 Å². The first-order chi connectivity index (χ1) is 8.61. The average Bonchev–Trinajstić information content (AvgIpc) is 2.81. The fraction of sp³-hybridized carbons (Fsp3) is 0.100. The van der Waals surface area contributed by atoms with Crippen molar-refractivity contribution in [2.75, 3.05) is 0 Å². The Labute approximate surface area is 96.3 Å². The number of rotatable bonds is 3. The maximum Gasteiger partial charge on any atom is 0.270 e. The highest BCUT2D eigenvalue weighted by Gasteiger charge is 2.11. The van der Waals surface area contributed by atoms with Crippen LogP contribution in [0.1, 0.15) is 16.1 Å². The van der Waals surface area contributed by atoms with Crippen molar-refractivity contribution in [1.82, 2.24) is 15.0 Å². The molecule has 1 heterocycles. The van der Waals surface area contributed by atoms with Gasteiger partial charge < -0.3 is 5.73 Å². The normalized spacial score (nSPS) is 11.1. The summed E-state index contributed by atoms with van der Waals surface area (Å²) in [4.78, 5) is 11.1. The fourth-order valence-corrected chi connectivity index (χ4v) is 1.33. The van der Waals surface area contributed by atoms with E-state index < -0.39 is 17.5 Å². The van der Waals surface area contributed by atoms with E-state index in [9.17, 15) is 13.6 Å². The van der Waals surface area contributed by atoms with E-state index in [0.717, 1.165) is 16.8 Å². The quantitative estimate of drug-likeness (QED) is 0.856. The molecule has 88 valence electrons. The van der Waals surface area contributed by atoms with E-state index in [4.69, 9.17) is 1.41 Å². The van der Waals surface area contributed by atoms with Gasteiger partial charge in [0, 0.05) is 5.56 Å². The summed E-state index contributed by atoms with van der Waals surface area (Å²) in [6.45, 7) is -0.184. The average molecular weight is 239 g/mol. The summed E-state index contributed by atoms with van der Waals surface area (Å²) in [5, 5.41) is 7.03. The number of nitrogens with two attached hydrogens (primary N) is 1. The predicted octanol–water partition coefficient (Wildman–Crippen LogP) is 0.703. The van der Waals surface area contributed by atoms with Crippen LogP contribution in [-0.4, -0.2) is 20.9 Å². The number of nitrogens with zero attached hydrogens (tertiary/aromatic N) is 3. The maximum absolute atomic E-state index is 13.4. The zero-order valence-electron chi connectivity index (χ0n) is 9.52. The smallest absolute Gasteiger partial charge is 0.270 e. The Morgan fingerprint density at radius 3 is 2.82 bits per heavy atom. The Kier molecular flexibility index (Phi) is 2.49. The molecule has 1 aromatic carbocycles. The number of hydrogen-bond donors (Lipinski definition) is 1. The summed E-state index contributed by atoms with van der Waals surface area (Å²) >= 11 is 0. The number of halogens is 2. The number of hydrogen-bond acceptors (Lipinski definition) is 3. The molecule has 5 nitrogen and oxygen atoms in total. The van der Waals surface area contributed by atoms with Gasteiger partial charge in [-0.05, 0) is 12.1 Å². The number of aromatic nitrogens is 3. The molecule has 0 radical (unpaired) electrons. The van der Waals surface area contributed by atoms with Crippen LogP contribution in [0.5, 0.6) is 0 Å². The van der Waals surface area contributed by atoms with Gasteiger partial charge in [0.1, 0.15) is 11.6 Å². The predicted molar refractivity (Wildman–Crippen MR) is 54.0 cm³/mol. The zero-order chi connectivity index (χ0) is 13.1. The minimum absolute atomic E-state index is 0.0956. The van der Waals surface area contributed by atoms with Crippen molar-refractivity contribution in [3.05, 3.63) is 47.3 Å². The van der Waals surface area contributed by atoms with Crippen molar-refractivity contribution < 1.29 is 15.0 Å². The highest BCUT2D eigenvalue weighted by Crippen LogP contribution is 2.13. The molecule has 1 amide bonds. The lowest BCUT2D eigenvalue weighted by Gasteiger charge is -2.03. The van der Waals surface area contributed by atoms with Crippen LogP contribution in [0.25, 0.3) is 0 Å². The second kappa shape index (κ2) is 4.28. The second-order valence-corrected chi connectivity index (χ2v) is 3.33. The van der Waals surface area contributed by atoms with E-state index in [-0.39, 0.29) is 17.8 Å². The van der Waals surface area contributed by atoms with Crippen LogP contribution < -0.4 is 5.73 Å². The molecule has 0 unspecified atom stereocenters. The monoisotopic (exact) mass is 239 g/mol. The molecule has 2 aromatic rings. The van der Waals surface area contributed by atoms with Gasteiger partial charge in [0.05, 0.1) is 12.7 Å². The number of carbonyl (C=O) groups excluding carboxylic acids is 1. The van der Waals surface area contributed by atoms with Crippen LogP contribution in [-0.2, 0) is 6.54 Å². The lowest BCUT2D eigenvalue weighted by atomic mass is 10.2. The Bertz CT molecular complexity index is 567. The molecule has 0 aliphatic rings. The summed E-state index contributed by atoms with van der Waals surface area (Å²) in [5.41, 5.74) is 1.37.